The monoisotopic (exact) mass is 1370 g/mol. The molecular formula is C98H74N4S2. The summed E-state index contributed by atoms with van der Waals surface area (Å²) in [6.45, 7) is 9.46. The summed E-state index contributed by atoms with van der Waals surface area (Å²) in [6, 6.07) is 138. The molecule has 2 heterocycles. The van der Waals surface area contributed by atoms with E-state index >= 15 is 0 Å². The van der Waals surface area contributed by atoms with Gasteiger partial charge in [-0.1, -0.05) is 234 Å². The van der Waals surface area contributed by atoms with Crippen LogP contribution in [0.25, 0.3) is 75.1 Å². The second-order valence-electron chi connectivity index (χ2n) is 28.1. The van der Waals surface area contributed by atoms with Crippen LogP contribution in [-0.4, -0.2) is 0 Å². The first kappa shape index (κ1) is 63.8. The number of anilines is 12. The first-order valence-corrected chi connectivity index (χ1v) is 37.4. The zero-order valence-corrected chi connectivity index (χ0v) is 60.0. The fourth-order valence-corrected chi connectivity index (χ4v) is 17.8. The Morgan fingerprint density at radius 1 is 0.173 bits per heavy atom. The molecule has 16 aromatic rings. The smallest absolute Gasteiger partial charge is 0.0465 e. The normalized spacial score (nSPS) is 12.8. The summed E-state index contributed by atoms with van der Waals surface area (Å²) in [5.41, 5.74) is 30.4. The molecule has 2 aliphatic carbocycles. The van der Waals surface area contributed by atoms with Crippen molar-refractivity contribution < 1.29 is 0 Å². The van der Waals surface area contributed by atoms with Gasteiger partial charge in [-0.15, -0.1) is 22.7 Å². The van der Waals surface area contributed by atoms with E-state index in [1.54, 1.807) is 0 Å². The van der Waals surface area contributed by atoms with Crippen molar-refractivity contribution in [2.45, 2.75) is 38.5 Å². The lowest BCUT2D eigenvalue weighted by Gasteiger charge is -2.30. The van der Waals surface area contributed by atoms with E-state index in [0.717, 1.165) is 79.4 Å². The lowest BCUT2D eigenvalue weighted by molar-refractivity contribution is 0.660. The van der Waals surface area contributed by atoms with Crippen LogP contribution in [0.4, 0.5) is 68.2 Å². The van der Waals surface area contributed by atoms with E-state index in [9.17, 15) is 0 Å². The first-order chi connectivity index (χ1) is 51.1. The zero-order chi connectivity index (χ0) is 69.9. The highest BCUT2D eigenvalue weighted by molar-refractivity contribution is 7.19. The van der Waals surface area contributed by atoms with Crippen LogP contribution < -0.4 is 19.6 Å². The number of para-hydroxylation sites is 2. The van der Waals surface area contributed by atoms with E-state index < -0.39 is 0 Å². The third-order valence-corrected chi connectivity index (χ3v) is 23.5. The highest BCUT2D eigenvalue weighted by Crippen LogP contribution is 2.54. The van der Waals surface area contributed by atoms with Crippen molar-refractivity contribution in [2.24, 2.45) is 0 Å². The van der Waals surface area contributed by atoms with Gasteiger partial charge in [-0.3, -0.25) is 0 Å². The molecule has 104 heavy (non-hydrogen) atoms. The Kier molecular flexibility index (Phi) is 16.3. The molecule has 0 atom stereocenters. The lowest BCUT2D eigenvalue weighted by Crippen LogP contribution is -2.16. The Hall–Kier alpha value is -12.3. The van der Waals surface area contributed by atoms with E-state index in [2.05, 4.69) is 423 Å². The minimum Gasteiger partial charge on any atom is -0.311 e. The highest BCUT2D eigenvalue weighted by Gasteiger charge is 2.37. The minimum absolute atomic E-state index is 0.175. The minimum atomic E-state index is -0.175. The Morgan fingerprint density at radius 3 is 0.692 bits per heavy atom. The number of hydrogen-bond donors (Lipinski definition) is 0. The van der Waals surface area contributed by atoms with Crippen LogP contribution in [0.5, 0.6) is 0 Å². The number of hydrogen-bond acceptors (Lipinski definition) is 6. The zero-order valence-electron chi connectivity index (χ0n) is 58.4. The van der Waals surface area contributed by atoms with Crippen LogP contribution in [0.2, 0.25) is 0 Å². The molecule has 0 unspecified atom stereocenters. The molecule has 4 nitrogen and oxygen atoms in total. The highest BCUT2D eigenvalue weighted by atomic mass is 32.1. The van der Waals surface area contributed by atoms with Gasteiger partial charge in [0, 0.05) is 98.6 Å². The van der Waals surface area contributed by atoms with E-state index in [1.807, 2.05) is 22.7 Å². The molecule has 0 saturated heterocycles. The van der Waals surface area contributed by atoms with Crippen LogP contribution in [0.15, 0.2) is 376 Å². The summed E-state index contributed by atoms with van der Waals surface area (Å²) in [7, 11) is 0. The summed E-state index contributed by atoms with van der Waals surface area (Å²) in [4.78, 5) is 14.6. The summed E-state index contributed by atoms with van der Waals surface area (Å²) >= 11 is 3.66. The molecule has 0 bridgehead atoms. The second kappa shape index (κ2) is 26.6. The van der Waals surface area contributed by atoms with Gasteiger partial charge in [-0.25, -0.2) is 0 Å². The Morgan fingerprint density at radius 2 is 0.385 bits per heavy atom. The summed E-state index contributed by atoms with van der Waals surface area (Å²) < 4.78 is 0. The average Bonchev–Trinajstić information content (AvgIpc) is 1.58. The second-order valence-corrected chi connectivity index (χ2v) is 30.3. The van der Waals surface area contributed by atoms with Gasteiger partial charge in [0.15, 0.2) is 0 Å². The molecule has 498 valence electrons. The predicted molar refractivity (Wildman–Crippen MR) is 443 cm³/mol. The number of thiophene rings is 2. The van der Waals surface area contributed by atoms with Crippen LogP contribution >= 0.6 is 22.7 Å². The Labute approximate surface area is 618 Å². The predicted octanol–water partition coefficient (Wildman–Crippen LogP) is 28.6. The quantitative estimate of drug-likeness (QED) is 0.0901. The fourth-order valence-electron chi connectivity index (χ4n) is 15.8. The number of fused-ring (bicyclic) bond motifs is 6. The molecular weight excluding hydrogens is 1300 g/mol. The van der Waals surface area contributed by atoms with Crippen LogP contribution in [0.1, 0.15) is 49.9 Å². The molecule has 14 aromatic carbocycles. The number of benzene rings is 14. The van der Waals surface area contributed by atoms with E-state index in [1.165, 1.54) is 86.3 Å². The maximum Gasteiger partial charge on any atom is 0.0465 e. The molecule has 18 rings (SSSR count). The van der Waals surface area contributed by atoms with Crippen molar-refractivity contribution in [3.8, 4) is 75.1 Å². The van der Waals surface area contributed by atoms with Crippen LogP contribution in [0.3, 0.4) is 0 Å². The van der Waals surface area contributed by atoms with Gasteiger partial charge < -0.3 is 19.6 Å². The molecule has 0 saturated carbocycles. The van der Waals surface area contributed by atoms with Crippen molar-refractivity contribution >= 4 is 90.9 Å². The van der Waals surface area contributed by atoms with Crippen molar-refractivity contribution in [1.82, 2.24) is 0 Å². The van der Waals surface area contributed by atoms with Gasteiger partial charge in [0.05, 0.1) is 0 Å². The van der Waals surface area contributed by atoms with Gasteiger partial charge in [0.25, 0.3) is 0 Å². The molecule has 2 aromatic heterocycles. The van der Waals surface area contributed by atoms with E-state index in [-0.39, 0.29) is 10.8 Å². The molecule has 0 N–H and O–H groups in total. The van der Waals surface area contributed by atoms with Gasteiger partial charge >= 0.3 is 0 Å². The van der Waals surface area contributed by atoms with Crippen molar-refractivity contribution in [1.29, 1.82) is 0 Å². The molecule has 6 heteroatoms. The Bertz CT molecular complexity index is 5390. The Balaban J connectivity index is 0.675. The van der Waals surface area contributed by atoms with Gasteiger partial charge in [0.1, 0.15) is 0 Å². The maximum absolute atomic E-state index is 2.43. The van der Waals surface area contributed by atoms with Crippen molar-refractivity contribution in [2.75, 3.05) is 19.6 Å². The molecule has 2 aliphatic rings. The average molecular weight is 1370 g/mol. The summed E-state index contributed by atoms with van der Waals surface area (Å²) in [6.07, 6.45) is 0. The summed E-state index contributed by atoms with van der Waals surface area (Å²) in [5.74, 6) is 0. The molecule has 0 aliphatic heterocycles. The largest absolute Gasteiger partial charge is 0.311 e. The SMILES string of the molecule is CC1(C)c2ccccc2-c2ccc(N(c3ccc(-c4ccc(N(c5ccc(N(c6ccccc6)c6ccc(-c7ccc(-c8ccccc8)s7)cc6)cc5)c5ccc6c(c5)C(C)(C)c5ccccc5-6)cc4)cc3)c3ccc(N(c4ccccc4)c4ccc(-c5ccc(-c6ccccc6)s5)cc4)cc3)cc21. The maximum atomic E-state index is 2.43. The van der Waals surface area contributed by atoms with E-state index in [4.69, 9.17) is 0 Å². The number of rotatable bonds is 17. The van der Waals surface area contributed by atoms with E-state index in [0.29, 0.717) is 0 Å². The third kappa shape index (κ3) is 11.7. The van der Waals surface area contributed by atoms with Crippen molar-refractivity contribution in [3.05, 3.63) is 398 Å². The van der Waals surface area contributed by atoms with Gasteiger partial charge in [0.2, 0.25) is 0 Å². The van der Waals surface area contributed by atoms with Crippen LogP contribution in [-0.2, 0) is 10.8 Å². The number of nitrogens with zero attached hydrogens (tertiary/aromatic N) is 4. The van der Waals surface area contributed by atoms with Crippen molar-refractivity contribution in [3.63, 3.8) is 0 Å². The summed E-state index contributed by atoms with van der Waals surface area (Å²) in [5, 5.41) is 0. The van der Waals surface area contributed by atoms with Gasteiger partial charge in [-0.2, -0.15) is 0 Å². The first-order valence-electron chi connectivity index (χ1n) is 35.8. The van der Waals surface area contributed by atoms with Gasteiger partial charge in [-0.05, 0) is 248 Å². The third-order valence-electron chi connectivity index (χ3n) is 21.1. The standard InChI is InChI=1S/C98H74N4S2/c1-97(2)89-31-19-17-29-85(89)87-59-57-83(65-91(87)97)101(81-53-49-79(50-54-81)99(73-25-13-7-14-26-73)75-45-37-71(38-46-75)95-63-61-93(103-95)69-21-9-5-10-22-69)77-41-33-67(34-42-77)68-35-43-78(44-36-68)102(84-58-60-88-86-30-18-20-32-90(86)98(3,4)92(88)66-84)82-55-51-80(52-56-82)100(74-27-15-8-16-28-74)76-47-39-72(40-48-76)96-64-62-94(104-96)70-23-11-6-12-24-70/h5-66H,1-4H3. The molecule has 0 fully saturated rings. The molecule has 0 spiro atoms. The molecule has 0 amide bonds. The lowest BCUT2D eigenvalue weighted by atomic mass is 9.82. The van der Waals surface area contributed by atoms with Crippen LogP contribution in [0, 0.1) is 0 Å². The topological polar surface area (TPSA) is 13.0 Å². The fraction of sp³-hybridized carbons (Fsp3) is 0.0612. The molecule has 0 radical (unpaired) electrons.